The zero-order valence-electron chi connectivity index (χ0n) is 18.8. The van der Waals surface area contributed by atoms with Gasteiger partial charge in [-0.1, -0.05) is 24.3 Å². The summed E-state index contributed by atoms with van der Waals surface area (Å²) in [5, 5.41) is 3.23. The van der Waals surface area contributed by atoms with Gasteiger partial charge in [-0.05, 0) is 80.8 Å². The minimum absolute atomic E-state index is 0.0423. The zero-order valence-corrected chi connectivity index (χ0v) is 19.7. The normalized spacial score (nSPS) is 19.9. The number of amides is 1. The molecule has 1 fully saturated rings. The second-order valence-electron chi connectivity index (χ2n) is 8.69. The minimum Gasteiger partial charge on any atom is -0.494 e. The fourth-order valence-corrected chi connectivity index (χ4v) is 6.36. The Morgan fingerprint density at radius 3 is 2.59 bits per heavy atom. The lowest BCUT2D eigenvalue weighted by Crippen LogP contribution is -2.44. The van der Waals surface area contributed by atoms with Gasteiger partial charge in [0.2, 0.25) is 15.9 Å². The van der Waals surface area contributed by atoms with Gasteiger partial charge in [-0.15, -0.1) is 0 Å². The molecule has 1 atom stereocenters. The van der Waals surface area contributed by atoms with E-state index in [1.165, 1.54) is 15.4 Å². The number of benzene rings is 2. The Bertz CT molecular complexity index is 1080. The predicted molar refractivity (Wildman–Crippen MR) is 124 cm³/mol. The van der Waals surface area contributed by atoms with Crippen LogP contribution in [0.3, 0.4) is 0 Å². The fraction of sp³-hybridized carbons (Fsp3) is 0.480. The van der Waals surface area contributed by atoms with Crippen LogP contribution in [0.25, 0.3) is 0 Å². The lowest BCUT2D eigenvalue weighted by Gasteiger charge is -2.32. The van der Waals surface area contributed by atoms with Gasteiger partial charge in [0, 0.05) is 19.0 Å². The minimum atomic E-state index is -3.59. The molecule has 0 spiro atoms. The van der Waals surface area contributed by atoms with Crippen molar-refractivity contribution in [2.45, 2.75) is 56.9 Å². The summed E-state index contributed by atoms with van der Waals surface area (Å²) in [6.45, 7) is 5.00. The highest BCUT2D eigenvalue weighted by Gasteiger charge is 2.33. The van der Waals surface area contributed by atoms with Crippen LogP contribution in [-0.4, -0.2) is 38.3 Å². The maximum Gasteiger partial charge on any atom is 0.243 e. The average Bonchev–Trinajstić information content (AvgIpc) is 2.81. The van der Waals surface area contributed by atoms with E-state index in [-0.39, 0.29) is 22.8 Å². The van der Waals surface area contributed by atoms with Gasteiger partial charge >= 0.3 is 0 Å². The molecule has 1 N–H and O–H groups in total. The third-order valence-corrected chi connectivity index (χ3v) is 8.49. The van der Waals surface area contributed by atoms with Gasteiger partial charge in [-0.2, -0.15) is 4.31 Å². The highest BCUT2D eigenvalue weighted by atomic mass is 32.2. The number of aryl methyl sites for hydroxylation is 2. The quantitative estimate of drug-likeness (QED) is 0.713. The van der Waals surface area contributed by atoms with Gasteiger partial charge in [0.1, 0.15) is 5.75 Å². The monoisotopic (exact) mass is 456 g/mol. The number of carbonyl (C=O) groups is 1. The zero-order chi connectivity index (χ0) is 22.7. The van der Waals surface area contributed by atoms with Crippen LogP contribution in [0.5, 0.6) is 5.75 Å². The molecule has 0 radical (unpaired) electrons. The van der Waals surface area contributed by atoms with Gasteiger partial charge in [0.05, 0.1) is 17.5 Å². The lowest BCUT2D eigenvalue weighted by molar-refractivity contribution is -0.127. The van der Waals surface area contributed by atoms with E-state index >= 15 is 0 Å². The van der Waals surface area contributed by atoms with Crippen LogP contribution in [-0.2, 0) is 21.2 Å². The number of fused-ring (bicyclic) bond motifs is 1. The molecule has 1 aliphatic heterocycles. The Morgan fingerprint density at radius 1 is 1.12 bits per heavy atom. The number of rotatable bonds is 6. The molecule has 0 unspecified atom stereocenters. The first-order valence-corrected chi connectivity index (χ1v) is 13.0. The maximum atomic E-state index is 13.1. The number of sulfonamides is 1. The summed E-state index contributed by atoms with van der Waals surface area (Å²) in [5.41, 5.74) is 3.34. The predicted octanol–water partition coefficient (Wildman–Crippen LogP) is 3.99. The molecule has 1 amide bonds. The van der Waals surface area contributed by atoms with Gasteiger partial charge in [-0.3, -0.25) is 4.79 Å². The summed E-state index contributed by atoms with van der Waals surface area (Å²) < 4.78 is 33.3. The highest BCUT2D eigenvalue weighted by molar-refractivity contribution is 7.89. The van der Waals surface area contributed by atoms with Crippen molar-refractivity contribution in [1.29, 1.82) is 0 Å². The van der Waals surface area contributed by atoms with Gasteiger partial charge in [-0.25, -0.2) is 8.42 Å². The smallest absolute Gasteiger partial charge is 0.243 e. The Hall–Kier alpha value is -2.38. The van der Waals surface area contributed by atoms with Crippen molar-refractivity contribution in [3.63, 3.8) is 0 Å². The maximum absolute atomic E-state index is 13.1. The van der Waals surface area contributed by atoms with Crippen LogP contribution in [0.4, 0.5) is 0 Å². The van der Waals surface area contributed by atoms with Crippen LogP contribution in [0, 0.1) is 12.8 Å². The second-order valence-corrected chi connectivity index (χ2v) is 10.6. The van der Waals surface area contributed by atoms with E-state index < -0.39 is 10.0 Å². The molecular weight excluding hydrogens is 424 g/mol. The van der Waals surface area contributed by atoms with Gasteiger partial charge in [0.15, 0.2) is 0 Å². The Labute approximate surface area is 191 Å². The van der Waals surface area contributed by atoms with E-state index in [2.05, 4.69) is 17.4 Å². The number of carbonyl (C=O) groups excluding carboxylic acids is 1. The molecule has 0 aromatic heterocycles. The van der Waals surface area contributed by atoms with Crippen molar-refractivity contribution in [2.24, 2.45) is 5.92 Å². The summed E-state index contributed by atoms with van der Waals surface area (Å²) >= 11 is 0. The van der Waals surface area contributed by atoms with Gasteiger partial charge in [0.25, 0.3) is 0 Å². The van der Waals surface area contributed by atoms with Crippen molar-refractivity contribution in [3.8, 4) is 5.75 Å². The summed E-state index contributed by atoms with van der Waals surface area (Å²) in [7, 11) is -3.59. The number of hydrogen-bond acceptors (Lipinski definition) is 4. The molecule has 172 valence electrons. The number of ether oxygens (including phenoxy) is 1. The van der Waals surface area contributed by atoms with E-state index in [1.54, 1.807) is 18.2 Å². The van der Waals surface area contributed by atoms with Crippen LogP contribution in [0.2, 0.25) is 0 Å². The van der Waals surface area contributed by atoms with Crippen molar-refractivity contribution in [1.82, 2.24) is 9.62 Å². The summed E-state index contributed by atoms with van der Waals surface area (Å²) in [4.78, 5) is 13.2. The molecule has 1 saturated heterocycles. The number of hydrogen-bond donors (Lipinski definition) is 1. The first-order chi connectivity index (χ1) is 15.4. The van der Waals surface area contributed by atoms with E-state index in [0.717, 1.165) is 24.8 Å². The molecule has 2 aromatic rings. The SMILES string of the molecule is CCOc1ccc(S(=O)(=O)N2CCC(C(=O)N[C@@H]3CCCc4ccccc43)CC2)cc1C. The molecule has 2 aliphatic rings. The van der Waals surface area contributed by atoms with Crippen molar-refractivity contribution >= 4 is 15.9 Å². The molecule has 2 aromatic carbocycles. The van der Waals surface area contributed by atoms with E-state index in [1.807, 2.05) is 26.0 Å². The van der Waals surface area contributed by atoms with E-state index in [9.17, 15) is 13.2 Å². The van der Waals surface area contributed by atoms with Gasteiger partial charge < -0.3 is 10.1 Å². The molecule has 0 bridgehead atoms. The summed E-state index contributed by atoms with van der Waals surface area (Å²) in [6.07, 6.45) is 4.15. The van der Waals surface area contributed by atoms with Crippen LogP contribution in [0.15, 0.2) is 47.4 Å². The molecule has 7 heteroatoms. The van der Waals surface area contributed by atoms with Crippen LogP contribution in [0.1, 0.15) is 55.3 Å². The molecule has 1 aliphatic carbocycles. The summed E-state index contributed by atoms with van der Waals surface area (Å²) in [6, 6.07) is 13.4. The van der Waals surface area contributed by atoms with E-state index in [4.69, 9.17) is 4.74 Å². The Morgan fingerprint density at radius 2 is 1.88 bits per heavy atom. The van der Waals surface area contributed by atoms with Crippen LogP contribution < -0.4 is 10.1 Å². The summed E-state index contributed by atoms with van der Waals surface area (Å²) in [5.74, 6) is 0.587. The number of piperidine rings is 1. The van der Waals surface area contributed by atoms with Crippen molar-refractivity contribution < 1.29 is 17.9 Å². The molecule has 6 nitrogen and oxygen atoms in total. The topological polar surface area (TPSA) is 75.7 Å². The van der Waals surface area contributed by atoms with Crippen molar-refractivity contribution in [2.75, 3.05) is 19.7 Å². The van der Waals surface area contributed by atoms with Crippen LogP contribution >= 0.6 is 0 Å². The highest BCUT2D eigenvalue weighted by Crippen LogP contribution is 2.31. The molecule has 32 heavy (non-hydrogen) atoms. The molecule has 0 saturated carbocycles. The van der Waals surface area contributed by atoms with E-state index in [0.29, 0.717) is 38.3 Å². The fourth-order valence-electron chi connectivity index (χ4n) is 4.80. The first kappa shape index (κ1) is 22.8. The third-order valence-electron chi connectivity index (χ3n) is 6.59. The largest absolute Gasteiger partial charge is 0.494 e. The Kier molecular flexibility index (Phi) is 6.86. The molecule has 1 heterocycles. The molecular formula is C25H32N2O4S. The van der Waals surface area contributed by atoms with Crippen molar-refractivity contribution in [3.05, 3.63) is 59.2 Å². The third kappa shape index (κ3) is 4.69. The number of nitrogens with zero attached hydrogens (tertiary/aromatic N) is 1. The standard InChI is InChI=1S/C25H32N2O4S/c1-3-31-24-12-11-21(17-18(24)2)32(29,30)27-15-13-20(14-16-27)25(28)26-23-10-6-8-19-7-4-5-9-22(19)23/h4-5,7,9,11-12,17,20,23H,3,6,8,10,13-16H2,1-2H3,(H,26,28)/t23-/m1/s1. The number of nitrogens with one attached hydrogen (secondary N) is 1. The molecule has 4 rings (SSSR count). The Balaban J connectivity index is 1.38. The second kappa shape index (κ2) is 9.63. The first-order valence-electron chi connectivity index (χ1n) is 11.5. The lowest BCUT2D eigenvalue weighted by atomic mass is 9.87. The average molecular weight is 457 g/mol.